The van der Waals surface area contributed by atoms with E-state index in [1.165, 1.54) is 12.4 Å². The molecule has 1 aliphatic carbocycles. The van der Waals surface area contributed by atoms with Crippen LogP contribution in [-0.4, -0.2) is 18.4 Å². The predicted molar refractivity (Wildman–Crippen MR) is 47.0 cm³/mol. The maximum absolute atomic E-state index is 10.8. The molecule has 1 aliphatic rings. The van der Waals surface area contributed by atoms with Crippen molar-refractivity contribution in [2.75, 3.05) is 0 Å². The van der Waals surface area contributed by atoms with Crippen LogP contribution in [0.4, 0.5) is 0 Å². The number of aromatic nitrogens is 2. The Morgan fingerprint density at radius 2 is 1.85 bits per heavy atom. The molecule has 1 aromatic rings. The number of nitrogens with zero attached hydrogens (tertiary/aromatic N) is 2. The van der Waals surface area contributed by atoms with E-state index in [-0.39, 0.29) is 4.90 Å². The Hall–Kier alpha value is -0.680. The third-order valence-corrected chi connectivity index (χ3v) is 3.18. The van der Waals surface area contributed by atoms with Gasteiger partial charge in [0, 0.05) is 16.6 Å². The van der Waals surface area contributed by atoms with Gasteiger partial charge in [0.25, 0.3) is 9.05 Å². The average Bonchev–Trinajstić information content (AvgIpc) is 2.85. The maximum Gasteiger partial charge on any atom is 0.264 e. The molecule has 1 fully saturated rings. The second-order valence-electron chi connectivity index (χ2n) is 2.99. The lowest BCUT2D eigenvalue weighted by Crippen LogP contribution is -1.97. The molecule has 0 spiro atoms. The molecule has 0 unspecified atom stereocenters. The molecule has 1 saturated carbocycles. The zero-order chi connectivity index (χ0) is 9.47. The van der Waals surface area contributed by atoms with E-state index in [1.54, 1.807) is 0 Å². The van der Waals surface area contributed by atoms with Crippen molar-refractivity contribution in [1.29, 1.82) is 0 Å². The molecule has 1 heterocycles. The van der Waals surface area contributed by atoms with E-state index in [0.717, 1.165) is 12.8 Å². The minimum absolute atomic E-state index is 0.0430. The summed E-state index contributed by atoms with van der Waals surface area (Å²) in [5.74, 6) is 1.14. The summed E-state index contributed by atoms with van der Waals surface area (Å²) in [5.41, 5.74) is 0. The monoisotopic (exact) mass is 218 g/mol. The van der Waals surface area contributed by atoms with Gasteiger partial charge in [-0.25, -0.2) is 18.4 Å². The highest BCUT2D eigenvalue weighted by Crippen LogP contribution is 2.37. The van der Waals surface area contributed by atoms with Crippen molar-refractivity contribution in [3.63, 3.8) is 0 Å². The van der Waals surface area contributed by atoms with Gasteiger partial charge in [0.2, 0.25) is 0 Å². The molecule has 0 amide bonds. The molecule has 0 aliphatic heterocycles. The highest BCUT2D eigenvalue weighted by atomic mass is 35.7. The van der Waals surface area contributed by atoms with Crippen molar-refractivity contribution in [2.45, 2.75) is 23.7 Å². The van der Waals surface area contributed by atoms with Crippen LogP contribution in [0.2, 0.25) is 0 Å². The summed E-state index contributed by atoms with van der Waals surface area (Å²) in [6.07, 6.45) is 4.69. The van der Waals surface area contributed by atoms with E-state index in [1.807, 2.05) is 0 Å². The third kappa shape index (κ3) is 1.97. The van der Waals surface area contributed by atoms with Gasteiger partial charge < -0.3 is 0 Å². The van der Waals surface area contributed by atoms with Gasteiger partial charge in [-0.05, 0) is 12.8 Å². The Kier molecular flexibility index (Phi) is 2.00. The Morgan fingerprint density at radius 3 is 2.23 bits per heavy atom. The summed E-state index contributed by atoms with van der Waals surface area (Å²) in [7, 11) is 1.42. The molecule has 2 rings (SSSR count). The molecular formula is C7H7ClN2O2S. The van der Waals surface area contributed by atoms with Gasteiger partial charge in [-0.3, -0.25) is 0 Å². The first-order valence-corrected chi connectivity index (χ1v) is 6.15. The van der Waals surface area contributed by atoms with Crippen molar-refractivity contribution in [3.8, 4) is 0 Å². The molecule has 0 atom stereocenters. The largest absolute Gasteiger partial charge is 0.264 e. The molecule has 0 saturated heterocycles. The Labute approximate surface area is 80.4 Å². The molecule has 13 heavy (non-hydrogen) atoms. The summed E-state index contributed by atoms with van der Waals surface area (Å²) >= 11 is 0. The number of hydrogen-bond donors (Lipinski definition) is 0. The van der Waals surface area contributed by atoms with Gasteiger partial charge in [0.05, 0.1) is 12.4 Å². The van der Waals surface area contributed by atoms with Gasteiger partial charge in [0.1, 0.15) is 10.7 Å². The molecule has 0 bridgehead atoms. The predicted octanol–water partition coefficient (Wildman–Crippen LogP) is 1.28. The first-order chi connectivity index (χ1) is 6.07. The number of rotatable bonds is 2. The van der Waals surface area contributed by atoms with Gasteiger partial charge in [-0.2, -0.15) is 0 Å². The van der Waals surface area contributed by atoms with Crippen molar-refractivity contribution in [2.24, 2.45) is 0 Å². The van der Waals surface area contributed by atoms with E-state index in [2.05, 4.69) is 9.97 Å². The van der Waals surface area contributed by atoms with Crippen molar-refractivity contribution >= 4 is 19.7 Å². The average molecular weight is 219 g/mol. The molecule has 6 heteroatoms. The summed E-state index contributed by atoms with van der Waals surface area (Å²) in [6, 6.07) is 0. The van der Waals surface area contributed by atoms with Crippen LogP contribution in [0.3, 0.4) is 0 Å². The first-order valence-electron chi connectivity index (χ1n) is 3.84. The van der Waals surface area contributed by atoms with E-state index < -0.39 is 9.05 Å². The molecule has 0 N–H and O–H groups in total. The second kappa shape index (κ2) is 2.92. The van der Waals surface area contributed by atoms with Gasteiger partial charge in [0.15, 0.2) is 0 Å². The van der Waals surface area contributed by atoms with Gasteiger partial charge >= 0.3 is 0 Å². The zero-order valence-electron chi connectivity index (χ0n) is 6.64. The van der Waals surface area contributed by atoms with E-state index in [0.29, 0.717) is 11.7 Å². The van der Waals surface area contributed by atoms with Gasteiger partial charge in [-0.15, -0.1) is 0 Å². The van der Waals surface area contributed by atoms with E-state index >= 15 is 0 Å². The molecule has 0 aromatic carbocycles. The minimum atomic E-state index is -3.68. The van der Waals surface area contributed by atoms with Crippen molar-refractivity contribution in [3.05, 3.63) is 18.2 Å². The smallest absolute Gasteiger partial charge is 0.240 e. The van der Waals surface area contributed by atoms with Crippen LogP contribution < -0.4 is 0 Å². The van der Waals surface area contributed by atoms with Crippen LogP contribution in [0, 0.1) is 0 Å². The lowest BCUT2D eigenvalue weighted by molar-refractivity contribution is 0.608. The summed E-state index contributed by atoms with van der Waals surface area (Å²) in [6.45, 7) is 0. The zero-order valence-corrected chi connectivity index (χ0v) is 8.22. The minimum Gasteiger partial charge on any atom is -0.240 e. The van der Waals surface area contributed by atoms with Crippen molar-refractivity contribution < 1.29 is 8.42 Å². The van der Waals surface area contributed by atoms with E-state index in [4.69, 9.17) is 10.7 Å². The standard InChI is InChI=1S/C7H7ClN2O2S/c8-13(11,12)6-3-9-7(10-4-6)5-1-2-5/h3-5H,1-2H2. The summed E-state index contributed by atoms with van der Waals surface area (Å²) < 4.78 is 21.6. The second-order valence-corrected chi connectivity index (χ2v) is 5.56. The molecule has 1 aromatic heterocycles. The number of halogens is 1. The Balaban J connectivity index is 2.33. The lowest BCUT2D eigenvalue weighted by Gasteiger charge is -1.96. The highest BCUT2D eigenvalue weighted by molar-refractivity contribution is 8.13. The molecule has 4 nitrogen and oxygen atoms in total. The fraction of sp³-hybridized carbons (Fsp3) is 0.429. The lowest BCUT2D eigenvalue weighted by atomic mass is 10.4. The van der Waals surface area contributed by atoms with Crippen LogP contribution in [-0.2, 0) is 9.05 Å². The summed E-state index contributed by atoms with van der Waals surface area (Å²) in [5, 5.41) is 0. The number of hydrogen-bond acceptors (Lipinski definition) is 4. The Bertz CT molecular complexity index is 411. The van der Waals surface area contributed by atoms with Crippen LogP contribution in [0.15, 0.2) is 17.3 Å². The van der Waals surface area contributed by atoms with Crippen molar-refractivity contribution in [1.82, 2.24) is 9.97 Å². The van der Waals surface area contributed by atoms with Crippen LogP contribution >= 0.6 is 10.7 Å². The maximum atomic E-state index is 10.8. The van der Waals surface area contributed by atoms with E-state index in [9.17, 15) is 8.42 Å². The van der Waals surface area contributed by atoms with Crippen LogP contribution in [0.5, 0.6) is 0 Å². The van der Waals surface area contributed by atoms with Crippen LogP contribution in [0.25, 0.3) is 0 Å². The highest BCUT2D eigenvalue weighted by Gasteiger charge is 2.26. The normalized spacial score (nSPS) is 17.3. The Morgan fingerprint density at radius 1 is 1.31 bits per heavy atom. The molecular weight excluding hydrogens is 212 g/mol. The molecule has 0 radical (unpaired) electrons. The SMILES string of the molecule is O=S(=O)(Cl)c1cnc(C2CC2)nc1. The fourth-order valence-electron chi connectivity index (χ4n) is 1.00. The first kappa shape index (κ1) is 8.90. The van der Waals surface area contributed by atoms with Crippen LogP contribution in [0.1, 0.15) is 24.6 Å². The fourth-order valence-corrected chi connectivity index (χ4v) is 1.60. The quantitative estimate of drug-likeness (QED) is 0.702. The molecule has 70 valence electrons. The van der Waals surface area contributed by atoms with Gasteiger partial charge in [-0.1, -0.05) is 0 Å². The third-order valence-electron chi connectivity index (χ3n) is 1.87. The topological polar surface area (TPSA) is 59.9 Å². The summed E-state index contributed by atoms with van der Waals surface area (Å²) in [4.78, 5) is 7.82.